The van der Waals surface area contributed by atoms with Crippen LogP contribution in [-0.2, 0) is 11.3 Å². The second-order valence-electron chi connectivity index (χ2n) is 5.56. The fraction of sp³-hybridized carbons (Fsp3) is 0.571. The molecule has 1 fully saturated rings. The fourth-order valence-corrected chi connectivity index (χ4v) is 2.44. The van der Waals surface area contributed by atoms with E-state index in [9.17, 15) is 14.7 Å². The third-order valence-electron chi connectivity index (χ3n) is 3.71. The molecule has 0 aromatic carbocycles. The van der Waals surface area contributed by atoms with Gasteiger partial charge in [0, 0.05) is 13.1 Å². The molecule has 6 nitrogen and oxygen atoms in total. The lowest BCUT2D eigenvalue weighted by atomic mass is 9.82. The Morgan fingerprint density at radius 2 is 2.25 bits per heavy atom. The summed E-state index contributed by atoms with van der Waals surface area (Å²) in [5.74, 6) is 0.635. The van der Waals surface area contributed by atoms with E-state index in [4.69, 9.17) is 4.42 Å². The molecule has 1 aliphatic heterocycles. The number of carbonyl (C=O) groups excluding carboxylic acids is 1. The number of piperidine rings is 1. The van der Waals surface area contributed by atoms with E-state index in [-0.39, 0.29) is 12.6 Å². The highest BCUT2D eigenvalue weighted by Crippen LogP contribution is 2.29. The first kappa shape index (κ1) is 14.4. The van der Waals surface area contributed by atoms with Gasteiger partial charge in [-0.1, -0.05) is 0 Å². The molecule has 1 aliphatic rings. The van der Waals surface area contributed by atoms with Gasteiger partial charge in [0.15, 0.2) is 0 Å². The molecule has 2 amide bonds. The molecule has 1 aromatic rings. The van der Waals surface area contributed by atoms with Crippen LogP contribution in [0.4, 0.5) is 4.79 Å². The predicted molar refractivity (Wildman–Crippen MR) is 72.2 cm³/mol. The maximum Gasteiger partial charge on any atom is 0.317 e. The van der Waals surface area contributed by atoms with Gasteiger partial charge in [0.1, 0.15) is 11.5 Å². The monoisotopic (exact) mass is 280 g/mol. The van der Waals surface area contributed by atoms with E-state index in [0.29, 0.717) is 31.7 Å². The minimum absolute atomic E-state index is 0.241. The van der Waals surface area contributed by atoms with Crippen LogP contribution in [0.25, 0.3) is 0 Å². The number of aliphatic carboxylic acids is 1. The summed E-state index contributed by atoms with van der Waals surface area (Å²) in [4.78, 5) is 24.9. The second kappa shape index (κ2) is 5.56. The number of nitrogens with one attached hydrogen (secondary N) is 1. The maximum atomic E-state index is 12.1. The van der Waals surface area contributed by atoms with Gasteiger partial charge in [-0.25, -0.2) is 4.79 Å². The van der Waals surface area contributed by atoms with E-state index in [2.05, 4.69) is 5.32 Å². The molecule has 2 rings (SSSR count). The molecular formula is C14H20N2O4. The molecule has 1 atom stereocenters. The van der Waals surface area contributed by atoms with E-state index in [1.165, 1.54) is 0 Å². The van der Waals surface area contributed by atoms with Crippen molar-refractivity contribution in [1.29, 1.82) is 0 Å². The molecule has 6 heteroatoms. The summed E-state index contributed by atoms with van der Waals surface area (Å²) in [7, 11) is 0. The van der Waals surface area contributed by atoms with Gasteiger partial charge in [-0.2, -0.15) is 0 Å². The number of carboxylic acids is 1. The molecular weight excluding hydrogens is 260 g/mol. The van der Waals surface area contributed by atoms with Gasteiger partial charge in [0.2, 0.25) is 0 Å². The van der Waals surface area contributed by atoms with E-state index in [0.717, 1.165) is 5.76 Å². The van der Waals surface area contributed by atoms with Crippen molar-refractivity contribution < 1.29 is 19.1 Å². The van der Waals surface area contributed by atoms with Crippen LogP contribution in [0, 0.1) is 12.3 Å². The van der Waals surface area contributed by atoms with Gasteiger partial charge in [-0.05, 0) is 38.8 Å². The van der Waals surface area contributed by atoms with Gasteiger partial charge in [0.25, 0.3) is 0 Å². The van der Waals surface area contributed by atoms with Crippen LogP contribution in [0.5, 0.6) is 0 Å². The molecule has 20 heavy (non-hydrogen) atoms. The van der Waals surface area contributed by atoms with Crippen molar-refractivity contribution in [3.05, 3.63) is 23.7 Å². The Labute approximate surface area is 117 Å². The van der Waals surface area contributed by atoms with Crippen LogP contribution >= 0.6 is 0 Å². The van der Waals surface area contributed by atoms with Crippen LogP contribution in [0.3, 0.4) is 0 Å². The number of nitrogens with zero attached hydrogens (tertiary/aromatic N) is 1. The zero-order valence-electron chi connectivity index (χ0n) is 11.8. The minimum Gasteiger partial charge on any atom is -0.481 e. The number of furan rings is 1. The number of urea groups is 1. The van der Waals surface area contributed by atoms with E-state index >= 15 is 0 Å². The number of carbonyl (C=O) groups is 2. The molecule has 1 saturated heterocycles. The van der Waals surface area contributed by atoms with Gasteiger partial charge in [0.05, 0.1) is 12.0 Å². The first-order valence-electron chi connectivity index (χ1n) is 6.72. The van der Waals surface area contributed by atoms with Crippen molar-refractivity contribution in [1.82, 2.24) is 10.2 Å². The number of carboxylic acid groups (broad SMARTS) is 1. The molecule has 2 N–H and O–H groups in total. The maximum absolute atomic E-state index is 12.1. The second-order valence-corrected chi connectivity index (χ2v) is 5.56. The van der Waals surface area contributed by atoms with E-state index in [1.54, 1.807) is 11.8 Å². The average molecular weight is 280 g/mol. The summed E-state index contributed by atoms with van der Waals surface area (Å²) >= 11 is 0. The number of aryl methyl sites for hydroxylation is 1. The average Bonchev–Trinajstić information content (AvgIpc) is 2.81. The van der Waals surface area contributed by atoms with Crippen molar-refractivity contribution in [2.24, 2.45) is 5.41 Å². The third kappa shape index (κ3) is 3.12. The Balaban J connectivity index is 1.90. The molecule has 0 aliphatic carbocycles. The van der Waals surface area contributed by atoms with Crippen molar-refractivity contribution in [2.45, 2.75) is 33.2 Å². The Bertz CT molecular complexity index is 511. The fourth-order valence-electron chi connectivity index (χ4n) is 2.44. The number of likely N-dealkylation sites (tertiary alicyclic amines) is 1. The van der Waals surface area contributed by atoms with Gasteiger partial charge >= 0.3 is 12.0 Å². The highest BCUT2D eigenvalue weighted by Gasteiger charge is 2.39. The highest BCUT2D eigenvalue weighted by atomic mass is 16.4. The van der Waals surface area contributed by atoms with Crippen molar-refractivity contribution in [3.63, 3.8) is 0 Å². The van der Waals surface area contributed by atoms with E-state index < -0.39 is 11.4 Å². The predicted octanol–water partition coefficient (Wildman–Crippen LogP) is 1.98. The smallest absolute Gasteiger partial charge is 0.317 e. The zero-order valence-corrected chi connectivity index (χ0v) is 11.8. The highest BCUT2D eigenvalue weighted by molar-refractivity contribution is 5.78. The van der Waals surface area contributed by atoms with E-state index in [1.807, 2.05) is 19.1 Å². The molecule has 2 heterocycles. The Morgan fingerprint density at radius 3 is 2.85 bits per heavy atom. The minimum atomic E-state index is -0.850. The van der Waals surface area contributed by atoms with Gasteiger partial charge in [-0.3, -0.25) is 4.79 Å². The van der Waals surface area contributed by atoms with Gasteiger partial charge in [-0.15, -0.1) is 0 Å². The molecule has 0 radical (unpaired) electrons. The quantitative estimate of drug-likeness (QED) is 0.887. The topological polar surface area (TPSA) is 82.8 Å². The molecule has 0 spiro atoms. The lowest BCUT2D eigenvalue weighted by Gasteiger charge is -2.37. The van der Waals surface area contributed by atoms with Crippen molar-refractivity contribution >= 4 is 12.0 Å². The molecule has 0 bridgehead atoms. The standard InChI is InChI=1S/C14H20N2O4/c1-10-4-5-11(20-10)8-15-13(19)16-7-3-6-14(2,9-16)12(17)18/h4-5H,3,6-9H2,1-2H3,(H,15,19)(H,17,18). The molecule has 110 valence electrons. The van der Waals surface area contributed by atoms with Crippen LogP contribution in [0.15, 0.2) is 16.5 Å². The van der Waals surface area contributed by atoms with Crippen LogP contribution in [-0.4, -0.2) is 35.1 Å². The summed E-state index contributed by atoms with van der Waals surface area (Å²) in [6.45, 7) is 4.67. The lowest BCUT2D eigenvalue weighted by molar-refractivity contribution is -0.150. The number of amides is 2. The normalized spacial score (nSPS) is 22.6. The number of hydrogen-bond acceptors (Lipinski definition) is 3. The first-order valence-corrected chi connectivity index (χ1v) is 6.72. The number of rotatable bonds is 3. The molecule has 1 aromatic heterocycles. The zero-order chi connectivity index (χ0) is 14.8. The Kier molecular flexibility index (Phi) is 4.01. The van der Waals surface area contributed by atoms with Gasteiger partial charge < -0.3 is 19.7 Å². The number of hydrogen-bond donors (Lipinski definition) is 2. The summed E-state index contributed by atoms with van der Waals surface area (Å²) in [5.41, 5.74) is -0.850. The lowest BCUT2D eigenvalue weighted by Crippen LogP contribution is -2.51. The van der Waals surface area contributed by atoms with Crippen molar-refractivity contribution in [2.75, 3.05) is 13.1 Å². The Hall–Kier alpha value is -1.98. The summed E-state index contributed by atoms with van der Waals surface area (Å²) < 4.78 is 5.37. The molecule has 1 unspecified atom stereocenters. The van der Waals surface area contributed by atoms with Crippen LogP contribution in [0.1, 0.15) is 31.3 Å². The first-order chi connectivity index (χ1) is 9.40. The third-order valence-corrected chi connectivity index (χ3v) is 3.71. The van der Waals surface area contributed by atoms with Crippen molar-refractivity contribution in [3.8, 4) is 0 Å². The Morgan fingerprint density at radius 1 is 1.50 bits per heavy atom. The van der Waals surface area contributed by atoms with Crippen LogP contribution < -0.4 is 5.32 Å². The SMILES string of the molecule is Cc1ccc(CNC(=O)N2CCCC(C)(C(=O)O)C2)o1. The molecule has 0 saturated carbocycles. The summed E-state index contributed by atoms with van der Waals surface area (Å²) in [6, 6.07) is 3.41. The largest absolute Gasteiger partial charge is 0.481 e. The summed E-state index contributed by atoms with van der Waals surface area (Å²) in [5, 5.41) is 12.0. The summed E-state index contributed by atoms with van der Waals surface area (Å²) in [6.07, 6.45) is 1.31. The van der Waals surface area contributed by atoms with Crippen LogP contribution in [0.2, 0.25) is 0 Å².